The minimum absolute atomic E-state index is 0.172. The van der Waals surface area contributed by atoms with E-state index in [0.717, 1.165) is 0 Å². The number of esters is 1. The Labute approximate surface area is 137 Å². The van der Waals surface area contributed by atoms with Crippen molar-refractivity contribution >= 4 is 16.9 Å². The molecule has 3 aromatic rings. The molecular formula is C19H15FO4. The molecule has 2 aromatic carbocycles. The number of carbonyl (C=O) groups is 1. The van der Waals surface area contributed by atoms with Gasteiger partial charge in [-0.2, -0.15) is 0 Å². The van der Waals surface area contributed by atoms with E-state index in [4.69, 9.17) is 9.15 Å². The summed E-state index contributed by atoms with van der Waals surface area (Å²) in [5.41, 5.74) is 1.09. The number of fused-ring (bicyclic) bond motifs is 1. The molecule has 0 bridgehead atoms. The molecule has 0 aliphatic heterocycles. The Morgan fingerprint density at radius 2 is 1.88 bits per heavy atom. The van der Waals surface area contributed by atoms with Crippen LogP contribution in [-0.2, 0) is 4.74 Å². The fourth-order valence-corrected chi connectivity index (χ4v) is 2.56. The van der Waals surface area contributed by atoms with Gasteiger partial charge in [0.1, 0.15) is 17.1 Å². The van der Waals surface area contributed by atoms with Crippen molar-refractivity contribution in [2.45, 2.75) is 13.8 Å². The molecule has 0 atom stereocenters. The Balaban J connectivity index is 2.30. The zero-order chi connectivity index (χ0) is 17.3. The molecule has 0 radical (unpaired) electrons. The van der Waals surface area contributed by atoms with Gasteiger partial charge in [0, 0.05) is 11.1 Å². The van der Waals surface area contributed by atoms with Crippen molar-refractivity contribution in [2.24, 2.45) is 0 Å². The molecule has 0 unspecified atom stereocenters. The molecule has 0 amide bonds. The van der Waals surface area contributed by atoms with E-state index in [-0.39, 0.29) is 29.0 Å². The maximum absolute atomic E-state index is 13.1. The zero-order valence-electron chi connectivity index (χ0n) is 13.3. The second kappa shape index (κ2) is 6.28. The Morgan fingerprint density at radius 3 is 2.54 bits per heavy atom. The summed E-state index contributed by atoms with van der Waals surface area (Å²) in [4.78, 5) is 24.7. The first-order chi connectivity index (χ1) is 11.5. The van der Waals surface area contributed by atoms with Crippen LogP contribution in [0.5, 0.6) is 0 Å². The highest BCUT2D eigenvalue weighted by atomic mass is 19.1. The van der Waals surface area contributed by atoms with E-state index in [9.17, 15) is 14.0 Å². The van der Waals surface area contributed by atoms with Crippen LogP contribution in [0.15, 0.2) is 51.7 Å². The number of hydrogen-bond donors (Lipinski definition) is 0. The number of para-hydroxylation sites is 1. The lowest BCUT2D eigenvalue weighted by Crippen LogP contribution is -2.11. The Hall–Kier alpha value is -2.95. The van der Waals surface area contributed by atoms with Crippen molar-refractivity contribution in [3.05, 3.63) is 69.6 Å². The van der Waals surface area contributed by atoms with Crippen molar-refractivity contribution in [2.75, 3.05) is 6.61 Å². The van der Waals surface area contributed by atoms with E-state index in [1.807, 2.05) is 0 Å². The van der Waals surface area contributed by atoms with Crippen molar-refractivity contribution in [3.8, 4) is 11.3 Å². The maximum Gasteiger partial charge on any atom is 0.341 e. The second-order valence-corrected chi connectivity index (χ2v) is 5.29. The fraction of sp³-hybridized carbons (Fsp3) is 0.158. The monoisotopic (exact) mass is 326 g/mol. The van der Waals surface area contributed by atoms with Gasteiger partial charge in [0.25, 0.3) is 0 Å². The van der Waals surface area contributed by atoms with Crippen LogP contribution in [0.4, 0.5) is 4.39 Å². The first-order valence-corrected chi connectivity index (χ1v) is 7.52. The van der Waals surface area contributed by atoms with Gasteiger partial charge in [0.2, 0.25) is 0 Å². The molecule has 1 aromatic heterocycles. The van der Waals surface area contributed by atoms with Gasteiger partial charge in [-0.15, -0.1) is 0 Å². The molecule has 0 N–H and O–H groups in total. The third-order valence-electron chi connectivity index (χ3n) is 3.75. The molecule has 5 heteroatoms. The van der Waals surface area contributed by atoms with Gasteiger partial charge in [-0.25, -0.2) is 9.18 Å². The van der Waals surface area contributed by atoms with Crippen LogP contribution in [0.3, 0.4) is 0 Å². The number of hydrogen-bond acceptors (Lipinski definition) is 4. The molecule has 1 heterocycles. The normalized spacial score (nSPS) is 10.8. The average Bonchev–Trinajstić information content (AvgIpc) is 2.58. The third-order valence-corrected chi connectivity index (χ3v) is 3.75. The van der Waals surface area contributed by atoms with E-state index in [1.54, 1.807) is 32.0 Å². The van der Waals surface area contributed by atoms with Crippen LogP contribution in [0, 0.1) is 12.7 Å². The van der Waals surface area contributed by atoms with Crippen LogP contribution < -0.4 is 5.43 Å². The second-order valence-electron chi connectivity index (χ2n) is 5.29. The highest BCUT2D eigenvalue weighted by Gasteiger charge is 2.18. The van der Waals surface area contributed by atoms with E-state index >= 15 is 0 Å². The highest BCUT2D eigenvalue weighted by molar-refractivity contribution is 6.02. The summed E-state index contributed by atoms with van der Waals surface area (Å²) in [5.74, 6) is -0.629. The Bertz CT molecular complexity index is 971. The van der Waals surface area contributed by atoms with E-state index in [1.165, 1.54) is 24.3 Å². The zero-order valence-corrected chi connectivity index (χ0v) is 13.3. The molecule has 0 aliphatic carbocycles. The quantitative estimate of drug-likeness (QED) is 0.680. The lowest BCUT2D eigenvalue weighted by atomic mass is 10.0. The fourth-order valence-electron chi connectivity index (χ4n) is 2.56. The lowest BCUT2D eigenvalue weighted by molar-refractivity contribution is 0.0527. The summed E-state index contributed by atoms with van der Waals surface area (Å²) >= 11 is 0. The maximum atomic E-state index is 13.1. The van der Waals surface area contributed by atoms with Crippen LogP contribution in [0.2, 0.25) is 0 Å². The van der Waals surface area contributed by atoms with Gasteiger partial charge in [-0.1, -0.05) is 6.07 Å². The van der Waals surface area contributed by atoms with Crippen LogP contribution in [0.1, 0.15) is 22.8 Å². The molecule has 0 spiro atoms. The van der Waals surface area contributed by atoms with Crippen molar-refractivity contribution in [3.63, 3.8) is 0 Å². The van der Waals surface area contributed by atoms with Crippen LogP contribution in [-0.4, -0.2) is 12.6 Å². The SMILES string of the molecule is CCOC(=O)c1cccc2c(=O)c(C)c(-c3ccc(F)cc3)oc12. The standard InChI is InChI=1S/C19H15FO4/c1-3-23-19(22)15-6-4-5-14-16(21)11(2)17(24-18(14)15)12-7-9-13(20)10-8-12/h4-10H,3H2,1-2H3. The van der Waals surface area contributed by atoms with Gasteiger partial charge in [-0.3, -0.25) is 4.79 Å². The number of carbonyl (C=O) groups excluding carboxylic acids is 1. The average molecular weight is 326 g/mol. The topological polar surface area (TPSA) is 56.5 Å². The van der Waals surface area contributed by atoms with Crippen molar-refractivity contribution in [1.82, 2.24) is 0 Å². The summed E-state index contributed by atoms with van der Waals surface area (Å²) in [6, 6.07) is 10.4. The molecule has 122 valence electrons. The smallest absolute Gasteiger partial charge is 0.341 e. The van der Waals surface area contributed by atoms with Gasteiger partial charge in [0.05, 0.1) is 12.0 Å². The van der Waals surface area contributed by atoms with E-state index in [0.29, 0.717) is 22.3 Å². The number of benzene rings is 2. The number of ether oxygens (including phenoxy) is 1. The lowest BCUT2D eigenvalue weighted by Gasteiger charge is -2.10. The third kappa shape index (κ3) is 2.69. The van der Waals surface area contributed by atoms with Gasteiger partial charge < -0.3 is 9.15 Å². The van der Waals surface area contributed by atoms with E-state index < -0.39 is 5.97 Å². The minimum Gasteiger partial charge on any atom is -0.462 e. The summed E-state index contributed by atoms with van der Waals surface area (Å²) < 4.78 is 24.0. The number of rotatable bonds is 3. The summed E-state index contributed by atoms with van der Waals surface area (Å²) in [7, 11) is 0. The molecular weight excluding hydrogens is 311 g/mol. The molecule has 3 rings (SSSR count). The van der Waals surface area contributed by atoms with Gasteiger partial charge in [0.15, 0.2) is 11.0 Å². The highest BCUT2D eigenvalue weighted by Crippen LogP contribution is 2.27. The van der Waals surface area contributed by atoms with Crippen LogP contribution >= 0.6 is 0 Å². The molecule has 0 aliphatic rings. The first-order valence-electron chi connectivity index (χ1n) is 7.52. The Kier molecular flexibility index (Phi) is 4.16. The predicted molar refractivity (Wildman–Crippen MR) is 88.6 cm³/mol. The molecule has 0 fully saturated rings. The van der Waals surface area contributed by atoms with Gasteiger partial charge >= 0.3 is 5.97 Å². The molecule has 24 heavy (non-hydrogen) atoms. The molecule has 0 saturated heterocycles. The summed E-state index contributed by atoms with van der Waals surface area (Å²) in [6.07, 6.45) is 0. The van der Waals surface area contributed by atoms with Gasteiger partial charge in [-0.05, 0) is 50.2 Å². The van der Waals surface area contributed by atoms with Crippen molar-refractivity contribution < 1.29 is 18.3 Å². The van der Waals surface area contributed by atoms with Crippen molar-refractivity contribution in [1.29, 1.82) is 0 Å². The summed E-state index contributed by atoms with van der Waals surface area (Å²) in [5, 5.41) is 0.309. The molecule has 4 nitrogen and oxygen atoms in total. The largest absolute Gasteiger partial charge is 0.462 e. The summed E-state index contributed by atoms with van der Waals surface area (Å²) in [6.45, 7) is 3.56. The van der Waals surface area contributed by atoms with E-state index in [2.05, 4.69) is 0 Å². The molecule has 0 saturated carbocycles. The minimum atomic E-state index is -0.555. The first kappa shape index (κ1) is 15.9. The predicted octanol–water partition coefficient (Wildman–Crippen LogP) is 4.08. The van der Waals surface area contributed by atoms with Crippen LogP contribution in [0.25, 0.3) is 22.3 Å². The Morgan fingerprint density at radius 1 is 1.17 bits per heavy atom. The number of halogens is 1.